The molecule has 1 saturated carbocycles. The van der Waals surface area contributed by atoms with Gasteiger partial charge in [-0.15, -0.1) is 0 Å². The normalized spacial score (nSPS) is 23.4. The topological polar surface area (TPSA) is 26.3 Å². The van der Waals surface area contributed by atoms with Gasteiger partial charge in [-0.05, 0) is 48.9 Å². The summed E-state index contributed by atoms with van der Waals surface area (Å²) < 4.78 is 5.36. The third-order valence-electron chi connectivity index (χ3n) is 4.16. The Kier molecular flexibility index (Phi) is 4.87. The van der Waals surface area contributed by atoms with Crippen LogP contribution < -0.4 is 4.74 Å². The van der Waals surface area contributed by atoms with Crippen molar-refractivity contribution in [1.29, 1.82) is 0 Å². The number of ketones is 1. The second kappa shape index (κ2) is 6.42. The number of ether oxygens (including phenoxy) is 1. The predicted molar refractivity (Wildman–Crippen MR) is 77.8 cm³/mol. The van der Waals surface area contributed by atoms with Gasteiger partial charge in [0.15, 0.2) is 0 Å². The lowest BCUT2D eigenvalue weighted by Gasteiger charge is -2.27. The Hall–Kier alpha value is -1.02. The zero-order chi connectivity index (χ0) is 13.8. The molecule has 0 aliphatic heterocycles. The van der Waals surface area contributed by atoms with Gasteiger partial charge in [-0.2, -0.15) is 0 Å². The first kappa shape index (κ1) is 14.4. The number of rotatable bonds is 4. The van der Waals surface area contributed by atoms with E-state index in [9.17, 15) is 4.79 Å². The van der Waals surface area contributed by atoms with Gasteiger partial charge < -0.3 is 4.74 Å². The fraction of sp³-hybridized carbons (Fsp3) is 0.562. The minimum Gasteiger partial charge on any atom is -0.496 e. The number of methoxy groups -OCH3 is 1. The summed E-state index contributed by atoms with van der Waals surface area (Å²) in [7, 11) is 1.66. The number of benzene rings is 1. The molecule has 1 aliphatic carbocycles. The molecular weight excluding hydrogens is 260 g/mol. The fourth-order valence-electron chi connectivity index (χ4n) is 2.94. The van der Waals surface area contributed by atoms with Crippen molar-refractivity contribution in [2.45, 2.75) is 39.0 Å². The molecule has 0 bridgehead atoms. The Bertz CT molecular complexity index is 456. The smallest absolute Gasteiger partial charge is 0.136 e. The largest absolute Gasteiger partial charge is 0.496 e. The maximum atomic E-state index is 12.1. The first-order valence-electron chi connectivity index (χ1n) is 6.99. The molecule has 1 aromatic rings. The van der Waals surface area contributed by atoms with Crippen molar-refractivity contribution >= 4 is 17.4 Å². The monoisotopic (exact) mass is 280 g/mol. The molecular formula is C16H21ClO2. The van der Waals surface area contributed by atoms with Crippen molar-refractivity contribution < 1.29 is 9.53 Å². The third kappa shape index (κ3) is 3.50. The van der Waals surface area contributed by atoms with Gasteiger partial charge in [0.05, 0.1) is 7.11 Å². The van der Waals surface area contributed by atoms with E-state index in [4.69, 9.17) is 16.3 Å². The van der Waals surface area contributed by atoms with Crippen LogP contribution in [0.1, 0.15) is 38.2 Å². The SMILES string of the molecule is CCC1CCC(=O)C(Cc2cc(Cl)ccc2OC)C1. The van der Waals surface area contributed by atoms with Crippen LogP contribution in [0.15, 0.2) is 18.2 Å². The highest BCUT2D eigenvalue weighted by Crippen LogP contribution is 2.33. The van der Waals surface area contributed by atoms with Crippen LogP contribution in [0.5, 0.6) is 5.75 Å². The summed E-state index contributed by atoms with van der Waals surface area (Å²) in [5.74, 6) is 2.04. The third-order valence-corrected chi connectivity index (χ3v) is 4.39. The van der Waals surface area contributed by atoms with Gasteiger partial charge in [-0.25, -0.2) is 0 Å². The number of hydrogen-bond acceptors (Lipinski definition) is 2. The fourth-order valence-corrected chi connectivity index (χ4v) is 3.14. The van der Waals surface area contributed by atoms with Crippen LogP contribution in [0, 0.1) is 11.8 Å². The minimum absolute atomic E-state index is 0.131. The van der Waals surface area contributed by atoms with E-state index in [1.807, 2.05) is 18.2 Å². The molecule has 2 unspecified atom stereocenters. The highest BCUT2D eigenvalue weighted by Gasteiger charge is 2.28. The summed E-state index contributed by atoms with van der Waals surface area (Å²) in [6.45, 7) is 2.21. The van der Waals surface area contributed by atoms with Crippen LogP contribution in [0.2, 0.25) is 5.02 Å². The average molecular weight is 281 g/mol. The number of halogens is 1. The molecule has 0 N–H and O–H groups in total. The van der Waals surface area contributed by atoms with E-state index in [1.54, 1.807) is 7.11 Å². The lowest BCUT2D eigenvalue weighted by molar-refractivity contribution is -0.125. The van der Waals surface area contributed by atoms with E-state index in [2.05, 4.69) is 6.92 Å². The maximum absolute atomic E-state index is 12.1. The molecule has 3 heteroatoms. The van der Waals surface area contributed by atoms with E-state index in [-0.39, 0.29) is 5.92 Å². The number of carbonyl (C=O) groups excluding carboxylic acids is 1. The zero-order valence-electron chi connectivity index (χ0n) is 11.6. The first-order valence-corrected chi connectivity index (χ1v) is 7.37. The highest BCUT2D eigenvalue weighted by atomic mass is 35.5. The van der Waals surface area contributed by atoms with Crippen LogP contribution in [-0.2, 0) is 11.2 Å². The van der Waals surface area contributed by atoms with E-state index in [0.717, 1.165) is 43.4 Å². The zero-order valence-corrected chi connectivity index (χ0v) is 12.4. The van der Waals surface area contributed by atoms with E-state index in [1.165, 1.54) is 0 Å². The van der Waals surface area contributed by atoms with Crippen molar-refractivity contribution in [2.24, 2.45) is 11.8 Å². The van der Waals surface area contributed by atoms with Crippen LogP contribution in [0.4, 0.5) is 0 Å². The molecule has 0 radical (unpaired) electrons. The van der Waals surface area contributed by atoms with Crippen molar-refractivity contribution in [1.82, 2.24) is 0 Å². The molecule has 0 spiro atoms. The summed E-state index contributed by atoms with van der Waals surface area (Å²) in [5.41, 5.74) is 1.05. The Balaban J connectivity index is 2.15. The quantitative estimate of drug-likeness (QED) is 0.822. The second-order valence-electron chi connectivity index (χ2n) is 5.37. The van der Waals surface area contributed by atoms with Crippen LogP contribution >= 0.6 is 11.6 Å². The molecule has 104 valence electrons. The van der Waals surface area contributed by atoms with Gasteiger partial charge >= 0.3 is 0 Å². The lowest BCUT2D eigenvalue weighted by atomic mass is 9.77. The molecule has 1 aromatic carbocycles. The first-order chi connectivity index (χ1) is 9.13. The van der Waals surface area contributed by atoms with Crippen LogP contribution in [-0.4, -0.2) is 12.9 Å². The van der Waals surface area contributed by atoms with Gasteiger partial charge in [0.1, 0.15) is 11.5 Å². The van der Waals surface area contributed by atoms with E-state index >= 15 is 0 Å². The van der Waals surface area contributed by atoms with E-state index < -0.39 is 0 Å². The second-order valence-corrected chi connectivity index (χ2v) is 5.81. The summed E-state index contributed by atoms with van der Waals surface area (Å²) in [6, 6.07) is 5.62. The highest BCUT2D eigenvalue weighted by molar-refractivity contribution is 6.30. The van der Waals surface area contributed by atoms with Crippen molar-refractivity contribution in [2.75, 3.05) is 7.11 Å². The summed E-state index contributed by atoms with van der Waals surface area (Å²) in [4.78, 5) is 12.1. The van der Waals surface area contributed by atoms with Crippen molar-refractivity contribution in [3.8, 4) is 5.75 Å². The Labute approximate surface area is 120 Å². The number of Topliss-reactive ketones (excluding diaryl/α,β-unsaturated/α-hetero) is 1. The number of hydrogen-bond donors (Lipinski definition) is 0. The maximum Gasteiger partial charge on any atom is 0.136 e. The molecule has 2 rings (SSSR count). The number of carbonyl (C=O) groups is 1. The Morgan fingerprint density at radius 2 is 2.21 bits per heavy atom. The van der Waals surface area contributed by atoms with Gasteiger partial charge in [0.2, 0.25) is 0 Å². The van der Waals surface area contributed by atoms with Crippen LogP contribution in [0.3, 0.4) is 0 Å². The van der Waals surface area contributed by atoms with Gasteiger partial charge in [0, 0.05) is 17.4 Å². The lowest BCUT2D eigenvalue weighted by Crippen LogP contribution is -2.26. The molecule has 1 aliphatic rings. The summed E-state index contributed by atoms with van der Waals surface area (Å²) in [6.07, 6.45) is 4.70. The van der Waals surface area contributed by atoms with Crippen LogP contribution in [0.25, 0.3) is 0 Å². The van der Waals surface area contributed by atoms with E-state index in [0.29, 0.717) is 16.7 Å². The van der Waals surface area contributed by atoms with Gasteiger partial charge in [0.25, 0.3) is 0 Å². The molecule has 0 amide bonds. The molecule has 2 nitrogen and oxygen atoms in total. The molecule has 0 saturated heterocycles. The summed E-state index contributed by atoms with van der Waals surface area (Å²) in [5, 5.41) is 0.700. The Morgan fingerprint density at radius 1 is 1.42 bits per heavy atom. The molecule has 0 heterocycles. The molecule has 1 fully saturated rings. The van der Waals surface area contributed by atoms with Gasteiger partial charge in [-0.3, -0.25) is 4.79 Å². The standard InChI is InChI=1S/C16H21ClO2/c1-3-11-4-6-15(18)12(8-11)9-13-10-14(17)5-7-16(13)19-2/h5,7,10-12H,3-4,6,8-9H2,1-2H3. The minimum atomic E-state index is 0.131. The molecule has 19 heavy (non-hydrogen) atoms. The van der Waals surface area contributed by atoms with Gasteiger partial charge in [-0.1, -0.05) is 24.9 Å². The molecule has 0 aromatic heterocycles. The predicted octanol–water partition coefficient (Wildman–Crippen LogP) is 4.29. The summed E-state index contributed by atoms with van der Waals surface area (Å²) >= 11 is 6.04. The van der Waals surface area contributed by atoms with Crippen molar-refractivity contribution in [3.63, 3.8) is 0 Å². The van der Waals surface area contributed by atoms with Crippen molar-refractivity contribution in [3.05, 3.63) is 28.8 Å². The molecule has 2 atom stereocenters. The average Bonchev–Trinajstić information content (AvgIpc) is 2.41. The Morgan fingerprint density at radius 3 is 2.89 bits per heavy atom.